The summed E-state index contributed by atoms with van der Waals surface area (Å²) in [6.07, 6.45) is 6.89. The van der Waals surface area contributed by atoms with Gasteiger partial charge in [-0.25, -0.2) is 0 Å². The van der Waals surface area contributed by atoms with Gasteiger partial charge in [-0.15, -0.1) is 11.3 Å². The molecule has 0 aliphatic heterocycles. The largest absolute Gasteiger partial charge is 0.364 e. The Balaban J connectivity index is 2.26. The molecule has 3 aromatic heterocycles. The standard InChI is InChI=1S/C16H11N5O2S/c1-20-4-2-11(9-20)6-14-15(22)21(10-13-3-5-23-19-13)16(24-14)12(7-17)8-18/h2-6,9H,10H2,1H3/b14-6+. The van der Waals surface area contributed by atoms with Crippen molar-refractivity contribution in [3.63, 3.8) is 0 Å². The molecule has 3 aromatic rings. The Labute approximate surface area is 140 Å². The minimum Gasteiger partial charge on any atom is -0.364 e. The molecule has 118 valence electrons. The van der Waals surface area contributed by atoms with Crippen molar-refractivity contribution in [1.82, 2.24) is 14.3 Å². The van der Waals surface area contributed by atoms with Gasteiger partial charge in [-0.3, -0.25) is 9.36 Å². The topological polar surface area (TPSA) is 101 Å². The van der Waals surface area contributed by atoms with E-state index in [0.29, 0.717) is 14.9 Å². The van der Waals surface area contributed by atoms with E-state index in [9.17, 15) is 4.79 Å². The van der Waals surface area contributed by atoms with Crippen LogP contribution in [0.5, 0.6) is 0 Å². The molecule has 0 unspecified atom stereocenters. The lowest BCUT2D eigenvalue weighted by atomic mass is 10.3. The van der Waals surface area contributed by atoms with Gasteiger partial charge in [0.2, 0.25) is 0 Å². The second-order valence-corrected chi connectivity index (χ2v) is 6.04. The number of rotatable bonds is 3. The minimum atomic E-state index is -0.273. The van der Waals surface area contributed by atoms with E-state index in [1.807, 2.05) is 42.2 Å². The molecule has 8 heteroatoms. The summed E-state index contributed by atoms with van der Waals surface area (Å²) in [7, 11) is 1.89. The molecular formula is C16H11N5O2S. The molecule has 3 rings (SSSR count). The van der Waals surface area contributed by atoms with Crippen molar-refractivity contribution in [3.05, 3.63) is 61.6 Å². The van der Waals surface area contributed by atoms with Crippen LogP contribution in [0, 0.1) is 22.7 Å². The molecule has 0 aromatic carbocycles. The maximum Gasteiger partial charge on any atom is 0.269 e. The lowest BCUT2D eigenvalue weighted by Crippen LogP contribution is -2.32. The molecule has 7 nitrogen and oxygen atoms in total. The highest BCUT2D eigenvalue weighted by Crippen LogP contribution is 2.01. The van der Waals surface area contributed by atoms with Gasteiger partial charge >= 0.3 is 0 Å². The second-order valence-electron chi connectivity index (χ2n) is 5.01. The van der Waals surface area contributed by atoms with Crippen LogP contribution in [0.15, 0.2) is 40.1 Å². The van der Waals surface area contributed by atoms with Crippen LogP contribution in [0.3, 0.4) is 0 Å². The smallest absolute Gasteiger partial charge is 0.269 e. The highest BCUT2D eigenvalue weighted by atomic mass is 32.1. The summed E-state index contributed by atoms with van der Waals surface area (Å²) in [5.74, 6) is 0. The van der Waals surface area contributed by atoms with Crippen LogP contribution in [0.1, 0.15) is 11.3 Å². The van der Waals surface area contributed by atoms with Gasteiger partial charge in [0.1, 0.15) is 28.8 Å². The fourth-order valence-corrected chi connectivity index (χ4v) is 3.26. The van der Waals surface area contributed by atoms with Gasteiger partial charge in [0.25, 0.3) is 5.56 Å². The van der Waals surface area contributed by atoms with Crippen molar-refractivity contribution < 1.29 is 4.52 Å². The molecular weight excluding hydrogens is 326 g/mol. The van der Waals surface area contributed by atoms with E-state index < -0.39 is 0 Å². The fraction of sp³-hybridized carbons (Fsp3) is 0.125. The number of nitriles is 2. The molecule has 0 radical (unpaired) electrons. The van der Waals surface area contributed by atoms with E-state index in [1.165, 1.54) is 10.8 Å². The number of thiazole rings is 1. The summed E-state index contributed by atoms with van der Waals surface area (Å²) in [4.78, 5) is 12.7. The fourth-order valence-electron chi connectivity index (χ4n) is 2.21. The van der Waals surface area contributed by atoms with Crippen molar-refractivity contribution >= 4 is 23.0 Å². The van der Waals surface area contributed by atoms with Gasteiger partial charge in [0.15, 0.2) is 5.57 Å². The first-order valence-electron chi connectivity index (χ1n) is 6.89. The second kappa shape index (κ2) is 6.41. The monoisotopic (exact) mass is 337 g/mol. The Morgan fingerprint density at radius 2 is 2.21 bits per heavy atom. The first-order chi connectivity index (χ1) is 11.6. The molecule has 3 heterocycles. The maximum atomic E-state index is 12.7. The van der Waals surface area contributed by atoms with Crippen molar-refractivity contribution in [2.75, 3.05) is 0 Å². The van der Waals surface area contributed by atoms with Crippen LogP contribution in [-0.2, 0) is 13.6 Å². The average Bonchev–Trinajstić information content (AvgIpc) is 3.28. The quantitative estimate of drug-likeness (QED) is 0.685. The molecule has 0 aliphatic carbocycles. The minimum absolute atomic E-state index is 0.103. The molecule has 0 N–H and O–H groups in total. The first-order valence-corrected chi connectivity index (χ1v) is 7.71. The summed E-state index contributed by atoms with van der Waals surface area (Å²) >= 11 is 1.11. The molecule has 0 atom stereocenters. The van der Waals surface area contributed by atoms with Gasteiger partial charge in [-0.2, -0.15) is 10.5 Å². The van der Waals surface area contributed by atoms with E-state index in [1.54, 1.807) is 12.1 Å². The predicted octanol–water partition coefficient (Wildman–Crippen LogP) is 0.311. The lowest BCUT2D eigenvalue weighted by molar-refractivity contribution is 0.409. The zero-order chi connectivity index (χ0) is 17.1. The van der Waals surface area contributed by atoms with Crippen LogP contribution < -0.4 is 14.8 Å². The summed E-state index contributed by atoms with van der Waals surface area (Å²) in [6, 6.07) is 7.19. The van der Waals surface area contributed by atoms with E-state index in [-0.39, 0.29) is 17.7 Å². The summed E-state index contributed by atoms with van der Waals surface area (Å²) in [6.45, 7) is 0.136. The van der Waals surface area contributed by atoms with Crippen LogP contribution >= 0.6 is 11.3 Å². The van der Waals surface area contributed by atoms with E-state index in [4.69, 9.17) is 15.0 Å². The maximum absolute atomic E-state index is 12.7. The third-order valence-corrected chi connectivity index (χ3v) is 4.44. The molecule has 0 amide bonds. The highest BCUT2D eigenvalue weighted by Gasteiger charge is 2.11. The first kappa shape index (κ1) is 15.5. The zero-order valence-electron chi connectivity index (χ0n) is 12.6. The average molecular weight is 337 g/mol. The van der Waals surface area contributed by atoms with E-state index >= 15 is 0 Å². The third kappa shape index (κ3) is 2.91. The van der Waals surface area contributed by atoms with Gasteiger partial charge in [0, 0.05) is 25.5 Å². The summed E-state index contributed by atoms with van der Waals surface area (Å²) in [5, 5.41) is 22.1. The lowest BCUT2D eigenvalue weighted by Gasteiger charge is -1.97. The molecule has 0 spiro atoms. The van der Waals surface area contributed by atoms with Crippen LogP contribution in [0.2, 0.25) is 0 Å². The number of hydrogen-bond acceptors (Lipinski definition) is 6. The van der Waals surface area contributed by atoms with Crippen LogP contribution in [-0.4, -0.2) is 14.3 Å². The SMILES string of the molecule is Cn1ccc(/C=c2/sc(=C(C#N)C#N)n(Cc3ccon3)c2=O)c1. The van der Waals surface area contributed by atoms with Gasteiger partial charge < -0.3 is 9.09 Å². The normalized spacial score (nSPS) is 11.2. The van der Waals surface area contributed by atoms with E-state index in [2.05, 4.69) is 5.16 Å². The summed E-state index contributed by atoms with van der Waals surface area (Å²) < 4.78 is 8.78. The van der Waals surface area contributed by atoms with Crippen molar-refractivity contribution in [2.24, 2.45) is 7.05 Å². The molecule has 0 fully saturated rings. The van der Waals surface area contributed by atoms with Crippen molar-refractivity contribution in [1.29, 1.82) is 10.5 Å². The molecule has 24 heavy (non-hydrogen) atoms. The third-order valence-electron chi connectivity index (χ3n) is 3.31. The van der Waals surface area contributed by atoms with Crippen molar-refractivity contribution in [2.45, 2.75) is 6.54 Å². The Morgan fingerprint density at radius 3 is 2.79 bits per heavy atom. The van der Waals surface area contributed by atoms with Crippen LogP contribution in [0.25, 0.3) is 11.6 Å². The van der Waals surface area contributed by atoms with Gasteiger partial charge in [-0.1, -0.05) is 5.16 Å². The zero-order valence-corrected chi connectivity index (χ0v) is 13.4. The number of nitrogens with zero attached hydrogens (tertiary/aromatic N) is 5. The Bertz CT molecular complexity index is 1120. The van der Waals surface area contributed by atoms with E-state index in [0.717, 1.165) is 16.9 Å². The molecule has 0 saturated carbocycles. The number of aryl methyl sites for hydroxylation is 1. The number of hydrogen-bond donors (Lipinski definition) is 0. The Morgan fingerprint density at radius 1 is 1.42 bits per heavy atom. The van der Waals surface area contributed by atoms with Gasteiger partial charge in [-0.05, 0) is 17.7 Å². The summed E-state index contributed by atoms with van der Waals surface area (Å²) in [5.41, 5.74) is 1.03. The Hall–Kier alpha value is -3.36. The van der Waals surface area contributed by atoms with Gasteiger partial charge in [0.05, 0.1) is 11.1 Å². The predicted molar refractivity (Wildman–Crippen MR) is 87.0 cm³/mol. The van der Waals surface area contributed by atoms with Crippen LogP contribution in [0.4, 0.5) is 0 Å². The highest BCUT2D eigenvalue weighted by molar-refractivity contribution is 7.07. The molecule has 0 saturated heterocycles. The molecule has 0 aliphatic rings. The molecule has 0 bridgehead atoms. The number of aromatic nitrogens is 3. The van der Waals surface area contributed by atoms with Crippen molar-refractivity contribution in [3.8, 4) is 12.1 Å². The Kier molecular flexibility index (Phi) is 4.15.